The maximum absolute atomic E-state index is 12.7. The molecule has 0 unspecified atom stereocenters. The van der Waals surface area contributed by atoms with Gasteiger partial charge in [0.15, 0.2) is 5.82 Å². The third kappa shape index (κ3) is 3.23. The van der Waals surface area contributed by atoms with Crippen LogP contribution in [-0.2, 0) is 0 Å². The molecule has 4 heterocycles. The van der Waals surface area contributed by atoms with Gasteiger partial charge in [0.1, 0.15) is 5.82 Å². The molecule has 0 aliphatic carbocycles. The number of aromatic amines is 1. The third-order valence-corrected chi connectivity index (χ3v) is 4.32. The molecule has 0 aromatic carbocycles. The average molecular weight is 337 g/mol. The van der Waals surface area contributed by atoms with Crippen LogP contribution in [0.2, 0.25) is 0 Å². The van der Waals surface area contributed by atoms with Gasteiger partial charge in [-0.3, -0.25) is 0 Å². The number of hydrogen-bond acceptors (Lipinski definition) is 4. The fourth-order valence-corrected chi connectivity index (χ4v) is 3.12. The first kappa shape index (κ1) is 15.4. The Labute approximate surface area is 144 Å². The van der Waals surface area contributed by atoms with Crippen molar-refractivity contribution in [3.05, 3.63) is 55.0 Å². The molecular weight excluding hydrogens is 318 g/mol. The van der Waals surface area contributed by atoms with Crippen LogP contribution in [0.5, 0.6) is 0 Å². The van der Waals surface area contributed by atoms with Crippen LogP contribution in [0.25, 0.3) is 5.82 Å². The molecule has 25 heavy (non-hydrogen) atoms. The standard InChI is InChI=1S/C17H19N7O/c25-17(23-10-4-2-5-14(23)16-19-8-9-20-16)22-13-11-21-24(12-13)15-6-1-3-7-18-15/h1,3,6-9,11-12,14H,2,4-5,10H2,(H,19,20)(H,22,25)/t14-/m0/s1. The van der Waals surface area contributed by atoms with Crippen molar-refractivity contribution in [1.29, 1.82) is 0 Å². The van der Waals surface area contributed by atoms with Crippen LogP contribution in [0.4, 0.5) is 10.5 Å². The van der Waals surface area contributed by atoms with Gasteiger partial charge in [-0.15, -0.1) is 0 Å². The number of urea groups is 1. The molecule has 3 aromatic rings. The van der Waals surface area contributed by atoms with Gasteiger partial charge in [0.2, 0.25) is 0 Å². The Bertz CT molecular complexity index is 828. The Morgan fingerprint density at radius 1 is 1.24 bits per heavy atom. The van der Waals surface area contributed by atoms with E-state index in [0.29, 0.717) is 18.1 Å². The molecule has 3 aromatic heterocycles. The summed E-state index contributed by atoms with van der Waals surface area (Å²) in [6, 6.07) is 5.44. The predicted octanol–water partition coefficient (Wildman–Crippen LogP) is 2.75. The minimum Gasteiger partial charge on any atom is -0.347 e. The second-order valence-corrected chi connectivity index (χ2v) is 5.97. The number of carbonyl (C=O) groups is 1. The Morgan fingerprint density at radius 3 is 3.00 bits per heavy atom. The van der Waals surface area contributed by atoms with Crippen molar-refractivity contribution < 1.29 is 4.79 Å². The molecule has 0 saturated carbocycles. The van der Waals surface area contributed by atoms with Gasteiger partial charge in [-0.1, -0.05) is 6.07 Å². The summed E-state index contributed by atoms with van der Waals surface area (Å²) in [4.78, 5) is 26.3. The second-order valence-electron chi connectivity index (χ2n) is 5.97. The Balaban J connectivity index is 1.48. The van der Waals surface area contributed by atoms with Gasteiger partial charge in [-0.05, 0) is 31.4 Å². The summed E-state index contributed by atoms with van der Waals surface area (Å²) in [6.45, 7) is 0.714. The van der Waals surface area contributed by atoms with Crippen LogP contribution in [0.15, 0.2) is 49.2 Å². The number of nitrogens with zero attached hydrogens (tertiary/aromatic N) is 5. The van der Waals surface area contributed by atoms with Gasteiger partial charge >= 0.3 is 6.03 Å². The number of rotatable bonds is 3. The number of hydrogen-bond donors (Lipinski definition) is 2. The number of piperidine rings is 1. The van der Waals surface area contributed by atoms with E-state index in [2.05, 4.69) is 25.4 Å². The molecule has 8 heteroatoms. The minimum atomic E-state index is -0.137. The smallest absolute Gasteiger partial charge is 0.322 e. The van der Waals surface area contributed by atoms with E-state index in [9.17, 15) is 4.79 Å². The van der Waals surface area contributed by atoms with Crippen molar-refractivity contribution in [3.8, 4) is 5.82 Å². The number of carbonyl (C=O) groups excluding carboxylic acids is 1. The van der Waals surface area contributed by atoms with E-state index in [-0.39, 0.29) is 12.1 Å². The number of H-pyrrole nitrogens is 1. The summed E-state index contributed by atoms with van der Waals surface area (Å²) in [5.41, 5.74) is 0.638. The van der Waals surface area contributed by atoms with Crippen LogP contribution in [-0.4, -0.2) is 42.2 Å². The summed E-state index contributed by atoms with van der Waals surface area (Å²) in [5.74, 6) is 1.54. The summed E-state index contributed by atoms with van der Waals surface area (Å²) in [6.07, 6.45) is 11.6. The molecule has 128 valence electrons. The van der Waals surface area contributed by atoms with E-state index in [4.69, 9.17) is 0 Å². The zero-order valence-corrected chi connectivity index (χ0v) is 13.7. The highest BCUT2D eigenvalue weighted by molar-refractivity contribution is 5.89. The van der Waals surface area contributed by atoms with Crippen LogP contribution in [0, 0.1) is 0 Å². The molecule has 0 bridgehead atoms. The molecular formula is C17H19N7O. The van der Waals surface area contributed by atoms with E-state index in [1.165, 1.54) is 0 Å². The van der Waals surface area contributed by atoms with E-state index < -0.39 is 0 Å². The lowest BCUT2D eigenvalue weighted by atomic mass is 10.0. The number of likely N-dealkylation sites (tertiary alicyclic amines) is 1. The first-order chi connectivity index (χ1) is 12.3. The van der Waals surface area contributed by atoms with Crippen LogP contribution >= 0.6 is 0 Å². The van der Waals surface area contributed by atoms with Crippen molar-refractivity contribution in [2.24, 2.45) is 0 Å². The predicted molar refractivity (Wildman–Crippen MR) is 92.3 cm³/mol. The largest absolute Gasteiger partial charge is 0.347 e. The van der Waals surface area contributed by atoms with Crippen LogP contribution in [0.1, 0.15) is 31.1 Å². The van der Waals surface area contributed by atoms with E-state index in [1.54, 1.807) is 35.7 Å². The monoisotopic (exact) mass is 337 g/mol. The molecule has 2 N–H and O–H groups in total. The van der Waals surface area contributed by atoms with E-state index >= 15 is 0 Å². The number of aromatic nitrogens is 5. The lowest BCUT2D eigenvalue weighted by Crippen LogP contribution is -2.41. The molecule has 8 nitrogen and oxygen atoms in total. The van der Waals surface area contributed by atoms with Crippen molar-refractivity contribution in [1.82, 2.24) is 29.6 Å². The normalized spacial score (nSPS) is 17.4. The number of nitrogens with one attached hydrogen (secondary N) is 2. The number of amides is 2. The Kier molecular flexibility index (Phi) is 4.16. The van der Waals surface area contributed by atoms with Crippen LogP contribution < -0.4 is 5.32 Å². The van der Waals surface area contributed by atoms with Crippen molar-refractivity contribution in [2.45, 2.75) is 25.3 Å². The first-order valence-corrected chi connectivity index (χ1v) is 8.34. The van der Waals surface area contributed by atoms with E-state index in [0.717, 1.165) is 25.1 Å². The summed E-state index contributed by atoms with van der Waals surface area (Å²) in [7, 11) is 0. The fraction of sp³-hybridized carbons (Fsp3) is 0.294. The quantitative estimate of drug-likeness (QED) is 0.769. The lowest BCUT2D eigenvalue weighted by molar-refractivity contribution is 0.160. The molecule has 1 saturated heterocycles. The zero-order valence-electron chi connectivity index (χ0n) is 13.7. The summed E-state index contributed by atoms with van der Waals surface area (Å²) >= 11 is 0. The van der Waals surface area contributed by atoms with E-state index in [1.807, 2.05) is 23.1 Å². The molecule has 0 radical (unpaired) electrons. The lowest BCUT2D eigenvalue weighted by Gasteiger charge is -2.34. The molecule has 1 aliphatic heterocycles. The third-order valence-electron chi connectivity index (χ3n) is 4.32. The van der Waals surface area contributed by atoms with Gasteiger partial charge in [0.25, 0.3) is 0 Å². The molecule has 0 spiro atoms. The highest BCUT2D eigenvalue weighted by Crippen LogP contribution is 2.29. The number of anilines is 1. The molecule has 1 fully saturated rings. The highest BCUT2D eigenvalue weighted by Gasteiger charge is 2.29. The van der Waals surface area contributed by atoms with Crippen LogP contribution in [0.3, 0.4) is 0 Å². The molecule has 2 amide bonds. The fourth-order valence-electron chi connectivity index (χ4n) is 3.12. The molecule has 1 atom stereocenters. The van der Waals surface area contributed by atoms with Crippen molar-refractivity contribution >= 4 is 11.7 Å². The first-order valence-electron chi connectivity index (χ1n) is 8.34. The van der Waals surface area contributed by atoms with Gasteiger partial charge in [-0.2, -0.15) is 5.10 Å². The second kappa shape index (κ2) is 6.76. The average Bonchev–Trinajstić information content (AvgIpc) is 3.34. The zero-order chi connectivity index (χ0) is 17.1. The SMILES string of the molecule is O=C(Nc1cnn(-c2ccccn2)c1)N1CCCC[C@H]1c1ncc[nH]1. The number of imidazole rings is 1. The Hall–Kier alpha value is -3.16. The van der Waals surface area contributed by atoms with Gasteiger partial charge in [-0.25, -0.2) is 19.4 Å². The van der Waals surface area contributed by atoms with Gasteiger partial charge in [0, 0.05) is 25.1 Å². The molecule has 4 rings (SSSR count). The highest BCUT2D eigenvalue weighted by atomic mass is 16.2. The van der Waals surface area contributed by atoms with Crippen molar-refractivity contribution in [2.75, 3.05) is 11.9 Å². The summed E-state index contributed by atoms with van der Waals surface area (Å²) < 4.78 is 1.63. The van der Waals surface area contributed by atoms with Crippen molar-refractivity contribution in [3.63, 3.8) is 0 Å². The van der Waals surface area contributed by atoms with Gasteiger partial charge < -0.3 is 15.2 Å². The summed E-state index contributed by atoms with van der Waals surface area (Å²) in [5, 5.41) is 7.18. The minimum absolute atomic E-state index is 0.0189. The van der Waals surface area contributed by atoms with Gasteiger partial charge in [0.05, 0.1) is 24.1 Å². The molecule has 1 aliphatic rings. The topological polar surface area (TPSA) is 91.7 Å². The maximum atomic E-state index is 12.7. The number of pyridine rings is 1. The maximum Gasteiger partial charge on any atom is 0.322 e. The Morgan fingerprint density at radius 2 is 2.20 bits per heavy atom.